The van der Waals surface area contributed by atoms with Gasteiger partial charge in [0.2, 0.25) is 0 Å². The van der Waals surface area contributed by atoms with Gasteiger partial charge in [-0.2, -0.15) is 0 Å². The number of rotatable bonds is 11. The summed E-state index contributed by atoms with van der Waals surface area (Å²) in [4.78, 5) is 19.5. The number of halogens is 3. The van der Waals surface area contributed by atoms with Crippen molar-refractivity contribution in [3.63, 3.8) is 0 Å². The van der Waals surface area contributed by atoms with Gasteiger partial charge < -0.3 is 40.2 Å². The number of amides is 1. The van der Waals surface area contributed by atoms with E-state index < -0.39 is 6.36 Å². The van der Waals surface area contributed by atoms with E-state index in [-0.39, 0.29) is 53.7 Å². The van der Waals surface area contributed by atoms with Crippen LogP contribution in [0.15, 0.2) is 52.5 Å². The zero-order chi connectivity index (χ0) is 31.7. The van der Waals surface area contributed by atoms with E-state index in [0.29, 0.717) is 50.5 Å². The number of nitrogens with zero attached hydrogens (tertiary/aromatic N) is 2. The Morgan fingerprint density at radius 2 is 2.02 bits per heavy atom. The maximum absolute atomic E-state index is 13.5. The third-order valence-corrected chi connectivity index (χ3v) is 8.79. The van der Waals surface area contributed by atoms with Gasteiger partial charge in [0.25, 0.3) is 5.91 Å². The lowest BCUT2D eigenvalue weighted by Crippen LogP contribution is -2.54. The van der Waals surface area contributed by atoms with E-state index in [4.69, 9.17) is 19.9 Å². The molecule has 1 unspecified atom stereocenters. The van der Waals surface area contributed by atoms with Gasteiger partial charge in [0.15, 0.2) is 0 Å². The number of carbonyl (C=O) groups is 1. The molecule has 0 aromatic rings. The van der Waals surface area contributed by atoms with Gasteiger partial charge >= 0.3 is 6.36 Å². The fraction of sp³-hybridized carbons (Fsp3) is 0.677. The third-order valence-electron chi connectivity index (χ3n) is 8.79. The quantitative estimate of drug-likeness (QED) is 0.138. The molecule has 4 N–H and O–H groups in total. The van der Waals surface area contributed by atoms with Crippen LogP contribution in [0.25, 0.3) is 0 Å². The number of hydrogen-bond acceptors (Lipinski definition) is 8. The Morgan fingerprint density at radius 1 is 1.25 bits per heavy atom. The third kappa shape index (κ3) is 9.56. The molecule has 0 aromatic heterocycles. The maximum Gasteiger partial charge on any atom is 0.573 e. The van der Waals surface area contributed by atoms with E-state index in [1.165, 1.54) is 12.2 Å². The molecular weight excluding hydrogens is 579 g/mol. The lowest BCUT2D eigenvalue weighted by molar-refractivity contribution is -0.303. The minimum atomic E-state index is -4.70. The average molecular weight is 626 g/mol. The van der Waals surface area contributed by atoms with E-state index in [0.717, 1.165) is 44.9 Å². The highest BCUT2D eigenvalue weighted by atomic mass is 19.4. The van der Waals surface area contributed by atoms with Crippen molar-refractivity contribution < 1.29 is 36.9 Å². The van der Waals surface area contributed by atoms with E-state index >= 15 is 0 Å². The predicted octanol–water partition coefficient (Wildman–Crippen LogP) is 3.67. The topological polar surface area (TPSA) is 120 Å². The number of methoxy groups -OCH3 is 1. The summed E-state index contributed by atoms with van der Waals surface area (Å²) < 4.78 is 58.9. The molecule has 4 rings (SSSR count). The summed E-state index contributed by atoms with van der Waals surface area (Å²) in [5.41, 5.74) is 7.04. The first-order valence-corrected chi connectivity index (χ1v) is 15.4. The Morgan fingerprint density at radius 3 is 2.68 bits per heavy atom. The van der Waals surface area contributed by atoms with Crippen LogP contribution in [0.4, 0.5) is 13.2 Å². The normalized spacial score (nSPS) is 29.2. The summed E-state index contributed by atoms with van der Waals surface area (Å²) in [5.74, 6) is -0.404. The van der Waals surface area contributed by atoms with Crippen LogP contribution in [0.1, 0.15) is 51.9 Å². The molecule has 13 heteroatoms. The van der Waals surface area contributed by atoms with E-state index in [2.05, 4.69) is 26.9 Å². The minimum absolute atomic E-state index is 0.0243. The van der Waals surface area contributed by atoms with Crippen LogP contribution in [0.5, 0.6) is 0 Å². The molecule has 3 fully saturated rings. The zero-order valence-electron chi connectivity index (χ0n) is 25.6. The number of carbonyl (C=O) groups excluding carboxylic acids is 1. The summed E-state index contributed by atoms with van der Waals surface area (Å²) >= 11 is 0. The number of alkyl halides is 3. The number of nitrogens with one attached hydrogen (secondary N) is 2. The number of nitrogens with two attached hydrogens (primary N) is 1. The molecule has 0 spiro atoms. The molecular formula is C31H46F3N5O5. The second kappa shape index (κ2) is 15.9. The van der Waals surface area contributed by atoms with Crippen LogP contribution < -0.4 is 16.4 Å². The largest absolute Gasteiger partial charge is 0.573 e. The fourth-order valence-corrected chi connectivity index (χ4v) is 6.23. The van der Waals surface area contributed by atoms with Crippen molar-refractivity contribution in [3.05, 3.63) is 47.5 Å². The highest BCUT2D eigenvalue weighted by molar-refractivity contribution is 5.95. The van der Waals surface area contributed by atoms with Gasteiger partial charge in [0, 0.05) is 62.6 Å². The Balaban J connectivity index is 1.26. The number of likely N-dealkylation sites (tertiary alicyclic amines) is 1. The van der Waals surface area contributed by atoms with Crippen molar-refractivity contribution in [1.29, 1.82) is 0 Å². The summed E-state index contributed by atoms with van der Waals surface area (Å²) in [6.45, 7) is 8.90. The maximum atomic E-state index is 13.5. The van der Waals surface area contributed by atoms with Crippen LogP contribution in [0.2, 0.25) is 0 Å². The number of hydrogen-bond donors (Lipinski definition) is 3. The Hall–Kier alpha value is -2.87. The Labute approximate surface area is 257 Å². The number of piperidine rings is 1. The van der Waals surface area contributed by atoms with Crippen LogP contribution in [-0.2, 0) is 23.7 Å². The molecule has 0 saturated carbocycles. The van der Waals surface area contributed by atoms with Crippen LogP contribution in [0, 0.1) is 5.92 Å². The SMILES string of the molecule is C=C(NC[C@H]1CCC[C@@H](C2C=CC(OC(F)(F)F)=CC2)O1)/C(C)=C(\N=C/N)C(=O)N1CCC(N[C@H]2CCOC[C@H]2OC)CC1. The molecule has 3 saturated heterocycles. The average Bonchev–Trinajstić information content (AvgIpc) is 3.02. The highest BCUT2D eigenvalue weighted by Crippen LogP contribution is 2.32. The Kier molecular flexibility index (Phi) is 12.3. The van der Waals surface area contributed by atoms with Gasteiger partial charge in [0.05, 0.1) is 31.3 Å². The van der Waals surface area contributed by atoms with Crippen molar-refractivity contribution in [2.45, 2.75) is 88.6 Å². The van der Waals surface area contributed by atoms with Crippen LogP contribution >= 0.6 is 0 Å². The molecule has 1 amide bonds. The van der Waals surface area contributed by atoms with Crippen molar-refractivity contribution >= 4 is 12.2 Å². The molecule has 246 valence electrons. The monoisotopic (exact) mass is 625 g/mol. The first kappa shape index (κ1) is 34.0. The van der Waals surface area contributed by atoms with Gasteiger partial charge in [0.1, 0.15) is 11.5 Å². The molecule has 44 heavy (non-hydrogen) atoms. The standard InChI is InChI=1S/C31H46F3N5O5/c1-20(21(2)36-17-25-5-4-6-27(43-25)22-7-9-24(10-8-22)44-31(32,33)34)29(37-19-35)30(40)39-14-11-23(12-15-39)38-26-13-16-42-18-28(26)41-3/h7,9-10,19,22-23,25-28,36,38H,2,4-6,8,11-18H2,1,3H3,(H2,35,37)/b29-20-/t22?,25-,26+,27+,28-/m1/s1. The molecule has 1 aliphatic carbocycles. The van der Waals surface area contributed by atoms with Crippen molar-refractivity contribution in [2.75, 3.05) is 40.0 Å². The molecule has 0 aromatic carbocycles. The number of allylic oxidation sites excluding steroid dienone is 3. The minimum Gasteiger partial charge on any atom is -0.406 e. The summed E-state index contributed by atoms with van der Waals surface area (Å²) in [5, 5.41) is 7.00. The first-order chi connectivity index (χ1) is 21.1. The number of aliphatic imine (C=N–C) groups is 1. The molecule has 0 radical (unpaired) electrons. The van der Waals surface area contributed by atoms with Crippen LogP contribution in [-0.4, -0.2) is 93.9 Å². The lowest BCUT2D eigenvalue weighted by atomic mass is 9.88. The molecule has 3 heterocycles. The molecule has 4 aliphatic rings. The smallest absolute Gasteiger partial charge is 0.406 e. The zero-order valence-corrected chi connectivity index (χ0v) is 25.6. The molecule has 0 bridgehead atoms. The van der Waals surface area contributed by atoms with Crippen molar-refractivity contribution in [3.8, 4) is 0 Å². The first-order valence-electron chi connectivity index (χ1n) is 15.4. The summed E-state index contributed by atoms with van der Waals surface area (Å²) in [6, 6.07) is 0.526. The predicted molar refractivity (Wildman–Crippen MR) is 160 cm³/mol. The van der Waals surface area contributed by atoms with Gasteiger partial charge in [-0.1, -0.05) is 12.7 Å². The van der Waals surface area contributed by atoms with Gasteiger partial charge in [-0.25, -0.2) is 4.99 Å². The lowest BCUT2D eigenvalue weighted by Gasteiger charge is -2.38. The number of ether oxygens (including phenoxy) is 4. The second-order valence-electron chi connectivity index (χ2n) is 11.7. The molecule has 5 atom stereocenters. The van der Waals surface area contributed by atoms with E-state index in [1.807, 2.05) is 0 Å². The summed E-state index contributed by atoms with van der Waals surface area (Å²) in [7, 11) is 1.70. The van der Waals surface area contributed by atoms with Gasteiger partial charge in [-0.05, 0) is 64.0 Å². The van der Waals surface area contributed by atoms with Gasteiger partial charge in [-0.3, -0.25) is 4.79 Å². The van der Waals surface area contributed by atoms with Crippen molar-refractivity contribution in [1.82, 2.24) is 15.5 Å². The molecule has 3 aliphatic heterocycles. The van der Waals surface area contributed by atoms with E-state index in [1.54, 1.807) is 25.0 Å². The van der Waals surface area contributed by atoms with Crippen LogP contribution in [0.3, 0.4) is 0 Å². The fourth-order valence-electron chi connectivity index (χ4n) is 6.23. The summed E-state index contributed by atoms with van der Waals surface area (Å²) in [6.07, 6.45) is 6.33. The Bertz CT molecular complexity index is 1120. The second-order valence-corrected chi connectivity index (χ2v) is 11.7. The highest BCUT2D eigenvalue weighted by Gasteiger charge is 2.34. The van der Waals surface area contributed by atoms with Gasteiger partial charge in [-0.15, -0.1) is 13.2 Å². The van der Waals surface area contributed by atoms with E-state index in [9.17, 15) is 18.0 Å². The molecule has 10 nitrogen and oxygen atoms in total. The van der Waals surface area contributed by atoms with Crippen molar-refractivity contribution in [2.24, 2.45) is 16.6 Å².